The smallest absolute Gasteiger partial charge is 0.229 e. The van der Waals surface area contributed by atoms with E-state index in [9.17, 15) is 4.79 Å². The summed E-state index contributed by atoms with van der Waals surface area (Å²) in [6.45, 7) is 5.68. The summed E-state index contributed by atoms with van der Waals surface area (Å²) in [6, 6.07) is 17.5. The van der Waals surface area contributed by atoms with E-state index < -0.39 is 5.41 Å². The lowest BCUT2D eigenvalue weighted by Crippen LogP contribution is -2.27. The lowest BCUT2D eigenvalue weighted by molar-refractivity contribution is -0.123. The quantitative estimate of drug-likeness (QED) is 0.619. The highest BCUT2D eigenvalue weighted by Crippen LogP contribution is 2.27. The minimum atomic E-state index is -0.445. The molecule has 0 fully saturated rings. The number of pyridine rings is 1. The van der Waals surface area contributed by atoms with E-state index in [1.807, 2.05) is 81.6 Å². The van der Waals surface area contributed by atoms with Gasteiger partial charge in [-0.05, 0) is 48.0 Å². The first-order valence-corrected chi connectivity index (χ1v) is 9.13. The summed E-state index contributed by atoms with van der Waals surface area (Å²) in [4.78, 5) is 16.6. The van der Waals surface area contributed by atoms with E-state index in [0.29, 0.717) is 0 Å². The molecule has 5 heteroatoms. The lowest BCUT2D eigenvalue weighted by Gasteiger charge is -2.18. The molecule has 144 valence electrons. The number of methoxy groups -OCH3 is 1. The minimum Gasteiger partial charge on any atom is -0.497 e. The topological polar surface area (TPSA) is 63.2 Å². The molecule has 0 bridgehead atoms. The van der Waals surface area contributed by atoms with Gasteiger partial charge in [0.2, 0.25) is 5.91 Å². The van der Waals surface area contributed by atoms with E-state index in [2.05, 4.69) is 15.6 Å². The maximum atomic E-state index is 12.2. The number of hydrogen-bond donors (Lipinski definition) is 2. The Morgan fingerprint density at radius 1 is 0.893 bits per heavy atom. The number of nitrogens with one attached hydrogen (secondary N) is 2. The Balaban J connectivity index is 1.79. The zero-order valence-corrected chi connectivity index (χ0v) is 16.6. The van der Waals surface area contributed by atoms with Gasteiger partial charge in [0.15, 0.2) is 0 Å². The van der Waals surface area contributed by atoms with Gasteiger partial charge >= 0.3 is 0 Å². The molecule has 0 spiro atoms. The Morgan fingerprint density at radius 2 is 1.61 bits per heavy atom. The molecule has 3 aromatic rings. The van der Waals surface area contributed by atoms with E-state index >= 15 is 0 Å². The van der Waals surface area contributed by atoms with Crippen LogP contribution in [0, 0.1) is 5.41 Å². The first kappa shape index (κ1) is 19.4. The van der Waals surface area contributed by atoms with Crippen molar-refractivity contribution in [3.8, 4) is 16.9 Å². The number of carbonyl (C=O) groups excluding carboxylic acids is 1. The maximum absolute atomic E-state index is 12.2. The van der Waals surface area contributed by atoms with Crippen LogP contribution in [0.5, 0.6) is 5.75 Å². The van der Waals surface area contributed by atoms with Crippen LogP contribution in [0.25, 0.3) is 11.1 Å². The van der Waals surface area contributed by atoms with Crippen LogP contribution in [0.3, 0.4) is 0 Å². The highest BCUT2D eigenvalue weighted by molar-refractivity contribution is 5.95. The molecule has 5 nitrogen and oxygen atoms in total. The Kier molecular flexibility index (Phi) is 5.64. The normalized spacial score (nSPS) is 11.0. The molecule has 0 atom stereocenters. The number of rotatable bonds is 5. The Bertz CT molecular complexity index is 960. The predicted molar refractivity (Wildman–Crippen MR) is 114 cm³/mol. The second kappa shape index (κ2) is 8.13. The van der Waals surface area contributed by atoms with Crippen molar-refractivity contribution >= 4 is 23.0 Å². The summed E-state index contributed by atoms with van der Waals surface area (Å²) in [5.74, 6) is 0.796. The molecule has 0 saturated carbocycles. The zero-order chi connectivity index (χ0) is 20.1. The molecule has 2 aromatic carbocycles. The molecule has 0 radical (unpaired) electrons. The molecule has 1 amide bonds. The van der Waals surface area contributed by atoms with Gasteiger partial charge < -0.3 is 15.4 Å². The molecule has 1 aromatic heterocycles. The molecule has 0 aliphatic carbocycles. The molecule has 0 aliphatic heterocycles. The Labute approximate surface area is 165 Å². The number of anilines is 3. The van der Waals surface area contributed by atoms with Crippen molar-refractivity contribution in [2.45, 2.75) is 20.8 Å². The average molecular weight is 375 g/mol. The van der Waals surface area contributed by atoms with Gasteiger partial charge in [-0.3, -0.25) is 9.78 Å². The maximum Gasteiger partial charge on any atom is 0.229 e. The van der Waals surface area contributed by atoms with Crippen LogP contribution in [-0.4, -0.2) is 18.0 Å². The summed E-state index contributed by atoms with van der Waals surface area (Å²) in [5.41, 5.74) is 4.10. The van der Waals surface area contributed by atoms with E-state index in [0.717, 1.165) is 33.9 Å². The molecule has 0 unspecified atom stereocenters. The Morgan fingerprint density at radius 3 is 2.29 bits per heavy atom. The third-order valence-electron chi connectivity index (χ3n) is 4.25. The van der Waals surface area contributed by atoms with Gasteiger partial charge in [-0.25, -0.2) is 0 Å². The zero-order valence-electron chi connectivity index (χ0n) is 16.6. The minimum absolute atomic E-state index is 0.0160. The van der Waals surface area contributed by atoms with E-state index in [-0.39, 0.29) is 5.91 Å². The van der Waals surface area contributed by atoms with Crippen LogP contribution in [0.1, 0.15) is 20.8 Å². The fraction of sp³-hybridized carbons (Fsp3) is 0.217. The third kappa shape index (κ3) is 4.88. The number of carbonyl (C=O) groups is 1. The van der Waals surface area contributed by atoms with Crippen molar-refractivity contribution in [3.05, 3.63) is 67.0 Å². The standard InChI is InChI=1S/C23H25N3O2/c1-23(2,3)22(27)26-19-7-5-6-16(12-19)17-13-20(15-24-14-17)25-18-8-10-21(28-4)11-9-18/h5-15,25H,1-4H3,(H,26,27). The average Bonchev–Trinajstić information content (AvgIpc) is 2.68. The van der Waals surface area contributed by atoms with Crippen LogP contribution in [-0.2, 0) is 4.79 Å². The first-order chi connectivity index (χ1) is 13.3. The second-order valence-electron chi connectivity index (χ2n) is 7.60. The molecule has 0 saturated heterocycles. The summed E-state index contributed by atoms with van der Waals surface area (Å²) in [6.07, 6.45) is 3.59. The number of aromatic nitrogens is 1. The monoisotopic (exact) mass is 375 g/mol. The highest BCUT2D eigenvalue weighted by Gasteiger charge is 2.21. The van der Waals surface area contributed by atoms with Gasteiger partial charge in [0.25, 0.3) is 0 Å². The van der Waals surface area contributed by atoms with Crippen molar-refractivity contribution in [2.24, 2.45) is 5.41 Å². The van der Waals surface area contributed by atoms with E-state index in [1.165, 1.54) is 0 Å². The first-order valence-electron chi connectivity index (χ1n) is 9.13. The summed E-state index contributed by atoms with van der Waals surface area (Å²) in [7, 11) is 1.65. The van der Waals surface area contributed by atoms with Gasteiger partial charge in [0, 0.05) is 28.6 Å². The molecular formula is C23H25N3O2. The largest absolute Gasteiger partial charge is 0.497 e. The molecule has 28 heavy (non-hydrogen) atoms. The molecular weight excluding hydrogens is 350 g/mol. The fourth-order valence-corrected chi connectivity index (χ4v) is 2.60. The molecule has 3 rings (SSSR count). The molecule has 1 heterocycles. The van der Waals surface area contributed by atoms with Gasteiger partial charge in [-0.2, -0.15) is 0 Å². The number of ether oxygens (including phenoxy) is 1. The van der Waals surface area contributed by atoms with Crippen LogP contribution >= 0.6 is 0 Å². The van der Waals surface area contributed by atoms with Crippen LogP contribution in [0.4, 0.5) is 17.1 Å². The van der Waals surface area contributed by atoms with E-state index in [4.69, 9.17) is 4.74 Å². The summed E-state index contributed by atoms with van der Waals surface area (Å²) in [5, 5.41) is 6.31. The van der Waals surface area contributed by atoms with Crippen molar-refractivity contribution in [2.75, 3.05) is 17.7 Å². The number of hydrogen-bond acceptors (Lipinski definition) is 4. The van der Waals surface area contributed by atoms with E-state index in [1.54, 1.807) is 13.3 Å². The highest BCUT2D eigenvalue weighted by atomic mass is 16.5. The van der Waals surface area contributed by atoms with Crippen LogP contribution in [0.15, 0.2) is 67.0 Å². The van der Waals surface area contributed by atoms with Gasteiger partial charge in [0.05, 0.1) is 19.0 Å². The fourth-order valence-electron chi connectivity index (χ4n) is 2.60. The predicted octanol–water partition coefficient (Wildman–Crippen LogP) is 5.49. The van der Waals surface area contributed by atoms with Gasteiger partial charge in [0.1, 0.15) is 5.75 Å². The van der Waals surface area contributed by atoms with Crippen molar-refractivity contribution < 1.29 is 9.53 Å². The number of benzene rings is 2. The van der Waals surface area contributed by atoms with Crippen LogP contribution in [0.2, 0.25) is 0 Å². The molecule has 0 aliphatic rings. The summed E-state index contributed by atoms with van der Waals surface area (Å²) >= 11 is 0. The van der Waals surface area contributed by atoms with Gasteiger partial charge in [-0.1, -0.05) is 32.9 Å². The van der Waals surface area contributed by atoms with Crippen molar-refractivity contribution in [1.82, 2.24) is 4.98 Å². The molecule has 2 N–H and O–H groups in total. The van der Waals surface area contributed by atoms with Gasteiger partial charge in [-0.15, -0.1) is 0 Å². The number of amides is 1. The number of nitrogens with zero attached hydrogens (tertiary/aromatic N) is 1. The van der Waals surface area contributed by atoms with Crippen LogP contribution < -0.4 is 15.4 Å². The lowest BCUT2D eigenvalue weighted by atomic mass is 9.95. The van der Waals surface area contributed by atoms with Crippen molar-refractivity contribution in [1.29, 1.82) is 0 Å². The Hall–Kier alpha value is -3.34. The SMILES string of the molecule is COc1ccc(Nc2cncc(-c3cccc(NC(=O)C(C)(C)C)c3)c2)cc1. The summed E-state index contributed by atoms with van der Waals surface area (Å²) < 4.78 is 5.19. The third-order valence-corrected chi connectivity index (χ3v) is 4.25. The second-order valence-corrected chi connectivity index (χ2v) is 7.60. The van der Waals surface area contributed by atoms with Crippen molar-refractivity contribution in [3.63, 3.8) is 0 Å².